The van der Waals surface area contributed by atoms with E-state index < -0.39 is 208 Å². The number of primary amides is 1. The number of pyridine rings is 1. The van der Waals surface area contributed by atoms with Crippen molar-refractivity contribution in [3.8, 4) is 0 Å². The van der Waals surface area contributed by atoms with Crippen LogP contribution in [0.4, 0.5) is 11.4 Å². The van der Waals surface area contributed by atoms with Crippen LogP contribution in [0.2, 0.25) is 0 Å². The lowest BCUT2D eigenvalue weighted by atomic mass is 10.0. The third-order valence-electron chi connectivity index (χ3n) is 18.1. The van der Waals surface area contributed by atoms with Crippen LogP contribution in [-0.4, -0.2) is 275 Å². The molecular weight excluding hydrogens is 1640 g/mol. The SMILES string of the molecule is CC(C)[C@H](NC(=O)[C@@H](N)CO)C(=O)NCc1ccc(Nc2ccnc3c(C(=O)N[C@@H](CCCNC(=N)N)C(=O)NCCC(=O)NCCC(=O)N[C@@H](CCCNC(=N)N)C(=O)NCC(=O)NCC(=O)N[C@@H](CCCCN)C(=O)NCC(=O)NCC(=O)NCC(=O)N[C@@H](CCCN)C(=O)NCC(=O)NCC(=O)N[C@@H](CCCCN)C(=O)NCC(N)=O)cccc23)cc1. The molecule has 37 N–H and O–H groups in total. The minimum atomic E-state index is -1.27. The van der Waals surface area contributed by atoms with Crippen LogP contribution in [-0.2, 0) is 88.1 Å². The van der Waals surface area contributed by atoms with Crippen LogP contribution in [0.1, 0.15) is 120 Å². The van der Waals surface area contributed by atoms with E-state index in [2.05, 4.69) is 111 Å². The second-order valence-corrected chi connectivity index (χ2v) is 28.7. The normalized spacial score (nSPS) is 12.4. The van der Waals surface area contributed by atoms with Crippen LogP contribution in [0.15, 0.2) is 54.7 Å². The van der Waals surface area contributed by atoms with Gasteiger partial charge in [0.15, 0.2) is 11.9 Å². The van der Waals surface area contributed by atoms with Gasteiger partial charge in [-0.25, -0.2) is 0 Å². The number of nitrogens with two attached hydrogens (primary N) is 7. The zero-order chi connectivity index (χ0) is 92.8. The monoisotopic (exact) mass is 1760 g/mol. The Morgan fingerprint density at radius 1 is 0.392 bits per heavy atom. The molecular formula is C76H122N30O19. The first-order valence-electron chi connectivity index (χ1n) is 40.5. The van der Waals surface area contributed by atoms with Gasteiger partial charge in [0.1, 0.15) is 42.3 Å². The first-order valence-corrected chi connectivity index (χ1v) is 40.5. The van der Waals surface area contributed by atoms with Gasteiger partial charge in [0.2, 0.25) is 100 Å². The van der Waals surface area contributed by atoms with Crippen LogP contribution < -0.4 is 146 Å². The number of aliphatic hydroxyl groups is 1. The molecule has 2 aromatic carbocycles. The molecule has 18 amide bonds. The lowest BCUT2D eigenvalue weighted by Gasteiger charge is -2.23. The molecule has 0 aliphatic carbocycles. The number of anilines is 2. The van der Waals surface area contributed by atoms with Gasteiger partial charge in [-0.2, -0.15) is 0 Å². The molecule has 0 radical (unpaired) electrons. The highest BCUT2D eigenvalue weighted by atomic mass is 16.3. The molecule has 0 saturated heterocycles. The van der Waals surface area contributed by atoms with Gasteiger partial charge in [-0.05, 0) is 132 Å². The third kappa shape index (κ3) is 44.2. The topological polar surface area (TPSA) is 811 Å². The number of aromatic nitrogens is 1. The smallest absolute Gasteiger partial charge is 0.254 e. The number of unbranched alkanes of at least 4 members (excludes halogenated alkanes) is 2. The van der Waals surface area contributed by atoms with E-state index in [4.69, 9.17) is 51.0 Å². The summed E-state index contributed by atoms with van der Waals surface area (Å²) in [7, 11) is 0. The Morgan fingerprint density at radius 2 is 0.800 bits per heavy atom. The maximum atomic E-state index is 14.1. The Balaban J connectivity index is 1.48. The van der Waals surface area contributed by atoms with Gasteiger partial charge in [0.25, 0.3) is 5.91 Å². The summed E-state index contributed by atoms with van der Waals surface area (Å²) in [5.41, 5.74) is 40.7. The fourth-order valence-electron chi connectivity index (χ4n) is 11.4. The van der Waals surface area contributed by atoms with Gasteiger partial charge in [-0.3, -0.25) is 102 Å². The number of nitrogens with zero attached hydrogens (tertiary/aromatic N) is 1. The largest absolute Gasteiger partial charge is 0.394 e. The molecule has 49 nitrogen and oxygen atoms in total. The van der Waals surface area contributed by atoms with Gasteiger partial charge in [0.05, 0.1) is 70.0 Å². The molecule has 0 spiro atoms. The van der Waals surface area contributed by atoms with E-state index in [0.717, 1.165) is 5.56 Å². The molecule has 3 rings (SSSR count). The summed E-state index contributed by atoms with van der Waals surface area (Å²) in [5.74, 6) is -14.6. The maximum Gasteiger partial charge on any atom is 0.254 e. The number of fused-ring (bicyclic) bond motifs is 1. The summed E-state index contributed by atoms with van der Waals surface area (Å²) in [6.45, 7) is -1.62. The van der Waals surface area contributed by atoms with E-state index in [1.165, 1.54) is 12.3 Å². The molecule has 0 fully saturated rings. The lowest BCUT2D eigenvalue weighted by Crippen LogP contribution is -2.54. The molecule has 690 valence electrons. The number of carbonyl (C=O) groups excluding carboxylic acids is 18. The molecule has 3 aromatic rings. The van der Waals surface area contributed by atoms with E-state index in [9.17, 15) is 91.4 Å². The van der Waals surface area contributed by atoms with Crippen molar-refractivity contribution in [2.24, 2.45) is 46.1 Å². The fourth-order valence-corrected chi connectivity index (χ4v) is 11.4. The average molecular weight is 1760 g/mol. The molecule has 49 heteroatoms. The second kappa shape index (κ2) is 59.2. The van der Waals surface area contributed by atoms with Crippen LogP contribution in [0, 0.1) is 16.7 Å². The number of para-hydroxylation sites is 1. The van der Waals surface area contributed by atoms with Crippen LogP contribution in [0.25, 0.3) is 10.9 Å². The number of aliphatic hydroxyl groups excluding tert-OH is 1. The van der Waals surface area contributed by atoms with Gasteiger partial charge in [0, 0.05) is 68.5 Å². The standard InChI is InChI=1S/C76H122N30O19/c1-43(2)65(106-68(119)48(80)42-107)74(125)95-33-44-18-20-45(21-19-44)100-49-22-30-87-66-46(49)11-7-12-47(66)67(118)105-54(17-10-29-90-76(84)85)69(120)88-32-23-56(109)86-31-24-57(110)101-53(16-9-28-89-75(82)83)73(124)99-38-61(114)94-41-63(116)103-51(14-4-6-26-78)71(122)97-36-59(112)91-35-58(111)92-39-64(117)104-52(15-8-27-79)72(123)98-37-60(113)93-40-62(115)102-50(13-3-5-25-77)70(121)96-34-55(81)108/h7,11-12,18-22,30,43,48,50-54,65,107H,3-6,8-10,13-17,23-29,31-42,77-80H2,1-2H3,(H2,81,108)(H,86,109)(H,87,100)(H,88,120)(H,91,112)(H,92,111)(H,93,113)(H,94,114)(H,95,125)(H,96,121)(H,97,122)(H,98,123)(H,99,124)(H,101,110)(H,102,115)(H,103,116)(H,104,117)(H,105,118)(H,106,119)(H4,82,83,89)(H4,84,85,90)/t48-,50-,51-,52-,53-,54-,65-/m0/s1. The summed E-state index contributed by atoms with van der Waals surface area (Å²) in [4.78, 5) is 237. The average Bonchev–Trinajstić information content (AvgIpc) is 0.789. The van der Waals surface area contributed by atoms with Crippen molar-refractivity contribution < 1.29 is 91.4 Å². The van der Waals surface area contributed by atoms with Crippen LogP contribution in [0.5, 0.6) is 0 Å². The second-order valence-electron chi connectivity index (χ2n) is 28.7. The summed E-state index contributed by atoms with van der Waals surface area (Å²) >= 11 is 0. The molecule has 0 aliphatic heterocycles. The molecule has 1 heterocycles. The number of benzene rings is 2. The summed E-state index contributed by atoms with van der Waals surface area (Å²) in [6, 6.07) is 5.66. The number of hydrogen-bond donors (Lipinski definition) is 30. The van der Waals surface area contributed by atoms with Crippen molar-refractivity contribution in [3.05, 3.63) is 65.9 Å². The van der Waals surface area contributed by atoms with Crippen molar-refractivity contribution in [1.29, 1.82) is 10.8 Å². The predicted molar refractivity (Wildman–Crippen MR) is 455 cm³/mol. The van der Waals surface area contributed by atoms with Gasteiger partial charge >= 0.3 is 0 Å². The van der Waals surface area contributed by atoms with Crippen molar-refractivity contribution in [3.63, 3.8) is 0 Å². The molecule has 0 saturated carbocycles. The van der Waals surface area contributed by atoms with Crippen molar-refractivity contribution in [2.45, 2.75) is 153 Å². The Labute approximate surface area is 720 Å². The molecule has 7 atom stereocenters. The minimum absolute atomic E-state index is 0.00752. The number of guanidine groups is 2. The summed E-state index contributed by atoms with van der Waals surface area (Å²) in [6.07, 6.45) is 3.53. The highest BCUT2D eigenvalue weighted by Crippen LogP contribution is 2.28. The van der Waals surface area contributed by atoms with E-state index in [1.54, 1.807) is 56.3 Å². The van der Waals surface area contributed by atoms with Crippen molar-refractivity contribution in [2.75, 3.05) is 110 Å². The molecule has 125 heavy (non-hydrogen) atoms. The van der Waals surface area contributed by atoms with E-state index in [0.29, 0.717) is 49.0 Å². The number of amides is 18. The number of rotatable bonds is 61. The zero-order valence-corrected chi connectivity index (χ0v) is 70.0. The minimum Gasteiger partial charge on any atom is -0.394 e. The van der Waals surface area contributed by atoms with E-state index >= 15 is 0 Å². The van der Waals surface area contributed by atoms with E-state index in [-0.39, 0.29) is 139 Å². The Bertz CT molecular complexity index is 4160. The summed E-state index contributed by atoms with van der Waals surface area (Å²) in [5, 5.41) is 75.0. The van der Waals surface area contributed by atoms with Gasteiger partial charge in [-0.1, -0.05) is 38.1 Å². The lowest BCUT2D eigenvalue weighted by molar-refractivity contribution is -0.132. The molecule has 0 unspecified atom stereocenters. The Hall–Kier alpha value is -13.5. The van der Waals surface area contributed by atoms with E-state index in [1.807, 2.05) is 0 Å². The Morgan fingerprint density at radius 3 is 1.25 bits per heavy atom. The predicted octanol–water partition coefficient (Wildman–Crippen LogP) is -11.0. The number of carbonyl (C=O) groups is 18. The first kappa shape index (κ1) is 106. The first-order chi connectivity index (χ1) is 59.6. The Kier molecular flexibility index (Phi) is 50.1. The summed E-state index contributed by atoms with van der Waals surface area (Å²) < 4.78 is 0. The molecule has 0 bridgehead atoms. The van der Waals surface area contributed by atoms with Crippen molar-refractivity contribution in [1.82, 2.24) is 106 Å². The maximum absolute atomic E-state index is 14.1. The zero-order valence-electron chi connectivity index (χ0n) is 70.0. The third-order valence-corrected chi connectivity index (χ3v) is 18.1. The fraction of sp³-hybridized carbons (Fsp3) is 0.539. The quantitative estimate of drug-likeness (QED) is 0.0142. The van der Waals surface area contributed by atoms with Gasteiger partial charge < -0.3 is 152 Å². The van der Waals surface area contributed by atoms with Crippen LogP contribution in [0.3, 0.4) is 0 Å². The number of nitrogens with one attached hydrogen (secondary N) is 22. The molecule has 0 aliphatic rings. The molecule has 1 aromatic heterocycles. The number of hydrogen-bond acceptors (Lipinski definition) is 27. The highest BCUT2D eigenvalue weighted by molar-refractivity contribution is 6.10. The highest BCUT2D eigenvalue weighted by Gasteiger charge is 2.30. The van der Waals surface area contributed by atoms with Gasteiger partial charge in [-0.15, -0.1) is 0 Å². The van der Waals surface area contributed by atoms with Crippen molar-refractivity contribution >= 4 is 141 Å². The van der Waals surface area contributed by atoms with Crippen LogP contribution >= 0.6 is 0 Å².